The number of carboxylic acids is 1. The molecule has 0 saturated heterocycles. The molecule has 4 unspecified atom stereocenters. The minimum Gasteiger partial charge on any atom is -0.480 e. The minimum atomic E-state index is -1.51. The number of aliphatic hydroxyl groups is 2. The Labute approximate surface area is 132 Å². The third-order valence-corrected chi connectivity index (χ3v) is 2.77. The summed E-state index contributed by atoms with van der Waals surface area (Å²) in [4.78, 5) is 45.4. The molecule has 11 heteroatoms. The van der Waals surface area contributed by atoms with Crippen molar-refractivity contribution in [3.8, 4) is 0 Å². The van der Waals surface area contributed by atoms with Crippen molar-refractivity contribution in [1.82, 2.24) is 16.0 Å². The molecule has 0 aromatic heterocycles. The average molecular weight is 334 g/mol. The normalized spacial score (nSPS) is 15.7. The van der Waals surface area contributed by atoms with Gasteiger partial charge in [0.25, 0.3) is 0 Å². The lowest BCUT2D eigenvalue weighted by Gasteiger charge is -2.20. The fourth-order valence-corrected chi connectivity index (χ4v) is 1.41. The second-order valence-corrected chi connectivity index (χ2v) is 4.86. The maximum Gasteiger partial charge on any atom is 0.328 e. The Kier molecular flexibility index (Phi) is 8.77. The summed E-state index contributed by atoms with van der Waals surface area (Å²) in [5, 5.41) is 33.2. The second kappa shape index (κ2) is 9.71. The fourth-order valence-electron chi connectivity index (χ4n) is 1.41. The van der Waals surface area contributed by atoms with Gasteiger partial charge in [-0.15, -0.1) is 0 Å². The smallest absolute Gasteiger partial charge is 0.328 e. The van der Waals surface area contributed by atoms with Gasteiger partial charge in [0.1, 0.15) is 12.1 Å². The first-order chi connectivity index (χ1) is 10.6. The number of nitrogens with one attached hydrogen (secondary N) is 3. The number of hydrogen-bond acceptors (Lipinski definition) is 7. The molecule has 0 radical (unpaired) electrons. The molecular formula is C12H22N4O7. The molecule has 0 fully saturated rings. The van der Waals surface area contributed by atoms with Crippen molar-refractivity contribution in [3.63, 3.8) is 0 Å². The van der Waals surface area contributed by atoms with E-state index < -0.39 is 61.1 Å². The van der Waals surface area contributed by atoms with Crippen LogP contribution in [0.2, 0.25) is 0 Å². The van der Waals surface area contributed by atoms with Crippen LogP contribution < -0.4 is 21.7 Å². The van der Waals surface area contributed by atoms with Crippen molar-refractivity contribution in [2.75, 3.05) is 13.2 Å². The van der Waals surface area contributed by atoms with Gasteiger partial charge in [-0.1, -0.05) is 0 Å². The number of amides is 3. The summed E-state index contributed by atoms with van der Waals surface area (Å²) < 4.78 is 0. The number of rotatable bonds is 9. The van der Waals surface area contributed by atoms with Crippen molar-refractivity contribution < 1.29 is 34.5 Å². The van der Waals surface area contributed by atoms with Gasteiger partial charge in [0.15, 0.2) is 6.04 Å². The molecule has 132 valence electrons. The summed E-state index contributed by atoms with van der Waals surface area (Å²) >= 11 is 0. The summed E-state index contributed by atoms with van der Waals surface area (Å²) in [6, 6.07) is -3.76. The first-order valence-corrected chi connectivity index (χ1v) is 6.74. The van der Waals surface area contributed by atoms with E-state index in [0.717, 1.165) is 0 Å². The molecule has 0 heterocycles. The number of aliphatic carboxylic acids is 1. The van der Waals surface area contributed by atoms with Crippen molar-refractivity contribution in [3.05, 3.63) is 0 Å². The van der Waals surface area contributed by atoms with Crippen LogP contribution in [-0.4, -0.2) is 76.4 Å². The van der Waals surface area contributed by atoms with Crippen LogP contribution in [-0.2, 0) is 19.2 Å². The van der Waals surface area contributed by atoms with Gasteiger partial charge in [-0.3, -0.25) is 14.4 Å². The van der Waals surface area contributed by atoms with Crippen LogP contribution in [0.5, 0.6) is 0 Å². The van der Waals surface area contributed by atoms with Gasteiger partial charge in [0.2, 0.25) is 17.7 Å². The van der Waals surface area contributed by atoms with E-state index in [9.17, 15) is 24.3 Å². The van der Waals surface area contributed by atoms with Crippen molar-refractivity contribution >= 4 is 23.7 Å². The van der Waals surface area contributed by atoms with Gasteiger partial charge < -0.3 is 37.0 Å². The molecule has 0 aliphatic heterocycles. The third-order valence-electron chi connectivity index (χ3n) is 2.77. The van der Waals surface area contributed by atoms with Gasteiger partial charge >= 0.3 is 5.97 Å². The molecule has 3 amide bonds. The van der Waals surface area contributed by atoms with Crippen LogP contribution in [0.15, 0.2) is 0 Å². The van der Waals surface area contributed by atoms with Crippen LogP contribution in [0.25, 0.3) is 0 Å². The van der Waals surface area contributed by atoms with E-state index in [-0.39, 0.29) is 0 Å². The molecule has 4 atom stereocenters. The molecule has 0 rings (SSSR count). The molecular weight excluding hydrogens is 312 g/mol. The minimum absolute atomic E-state index is 0.469. The first kappa shape index (κ1) is 20.8. The van der Waals surface area contributed by atoms with Gasteiger partial charge in [0.05, 0.1) is 19.3 Å². The SMILES string of the molecule is CC(NC(=O)CNC(=O)C(N)CO)C(=O)NC(C(=O)O)C(C)O. The second-order valence-electron chi connectivity index (χ2n) is 4.86. The maximum atomic E-state index is 11.7. The van der Waals surface area contributed by atoms with Gasteiger partial charge in [-0.05, 0) is 13.8 Å². The molecule has 23 heavy (non-hydrogen) atoms. The highest BCUT2D eigenvalue weighted by Crippen LogP contribution is 1.94. The Bertz CT molecular complexity index is 455. The first-order valence-electron chi connectivity index (χ1n) is 6.74. The number of carboxylic acid groups (broad SMARTS) is 1. The zero-order valence-corrected chi connectivity index (χ0v) is 12.8. The zero-order valence-electron chi connectivity index (χ0n) is 12.8. The van der Waals surface area contributed by atoms with Gasteiger partial charge in [-0.25, -0.2) is 4.79 Å². The monoisotopic (exact) mass is 334 g/mol. The largest absolute Gasteiger partial charge is 0.480 e. The highest BCUT2D eigenvalue weighted by atomic mass is 16.4. The number of nitrogens with two attached hydrogens (primary N) is 1. The van der Waals surface area contributed by atoms with Crippen molar-refractivity contribution in [2.24, 2.45) is 5.73 Å². The Balaban J connectivity index is 4.38. The zero-order chi connectivity index (χ0) is 18.2. The fraction of sp³-hybridized carbons (Fsp3) is 0.667. The molecule has 0 aliphatic carbocycles. The molecule has 0 saturated carbocycles. The standard InChI is InChI=1S/C12H22N4O7/c1-5(10(20)16-9(6(2)18)12(22)23)15-8(19)3-14-11(21)7(13)4-17/h5-7,9,17-18H,3-4,13H2,1-2H3,(H,14,21)(H,15,19)(H,16,20)(H,22,23). The molecule has 0 aromatic carbocycles. The summed E-state index contributed by atoms with van der Waals surface area (Å²) in [7, 11) is 0. The summed E-state index contributed by atoms with van der Waals surface area (Å²) in [5.74, 6) is -3.68. The molecule has 11 nitrogen and oxygen atoms in total. The highest BCUT2D eigenvalue weighted by molar-refractivity contribution is 5.92. The lowest BCUT2D eigenvalue weighted by molar-refractivity contribution is -0.145. The van der Waals surface area contributed by atoms with E-state index in [1.807, 2.05) is 0 Å². The van der Waals surface area contributed by atoms with Crippen LogP contribution in [0, 0.1) is 0 Å². The Morgan fingerprint density at radius 3 is 2.09 bits per heavy atom. The average Bonchev–Trinajstić information content (AvgIpc) is 2.48. The topological polar surface area (TPSA) is 191 Å². The number of carbonyl (C=O) groups is 4. The van der Waals surface area contributed by atoms with Gasteiger partial charge in [0, 0.05) is 0 Å². The van der Waals surface area contributed by atoms with E-state index in [4.69, 9.17) is 15.9 Å². The lowest BCUT2D eigenvalue weighted by atomic mass is 10.1. The molecule has 0 aromatic rings. The maximum absolute atomic E-state index is 11.7. The molecule has 0 spiro atoms. The summed E-state index contributed by atoms with van der Waals surface area (Å²) in [6.45, 7) is 1.45. The van der Waals surface area contributed by atoms with Crippen LogP contribution >= 0.6 is 0 Å². The summed E-state index contributed by atoms with van der Waals surface area (Å²) in [6.07, 6.45) is -1.32. The predicted molar refractivity (Wildman–Crippen MR) is 76.9 cm³/mol. The number of hydrogen-bond donors (Lipinski definition) is 7. The Morgan fingerprint density at radius 2 is 1.65 bits per heavy atom. The molecule has 8 N–H and O–H groups in total. The Morgan fingerprint density at radius 1 is 1.09 bits per heavy atom. The van der Waals surface area contributed by atoms with E-state index >= 15 is 0 Å². The molecule has 0 bridgehead atoms. The molecule has 0 aliphatic rings. The van der Waals surface area contributed by atoms with E-state index in [1.54, 1.807) is 0 Å². The number of aliphatic hydroxyl groups excluding tert-OH is 2. The quantitative estimate of drug-likeness (QED) is 0.221. The van der Waals surface area contributed by atoms with E-state index in [1.165, 1.54) is 13.8 Å². The highest BCUT2D eigenvalue weighted by Gasteiger charge is 2.27. The van der Waals surface area contributed by atoms with Crippen LogP contribution in [0.1, 0.15) is 13.8 Å². The van der Waals surface area contributed by atoms with Crippen LogP contribution in [0.3, 0.4) is 0 Å². The third kappa shape index (κ3) is 7.54. The van der Waals surface area contributed by atoms with E-state index in [2.05, 4.69) is 16.0 Å². The van der Waals surface area contributed by atoms with Crippen molar-refractivity contribution in [2.45, 2.75) is 38.1 Å². The number of carbonyl (C=O) groups excluding carboxylic acids is 3. The van der Waals surface area contributed by atoms with Crippen LogP contribution in [0.4, 0.5) is 0 Å². The Hall–Kier alpha value is -2.24. The predicted octanol–water partition coefficient (Wildman–Crippen LogP) is -4.12. The lowest BCUT2D eigenvalue weighted by Crippen LogP contribution is -2.55. The van der Waals surface area contributed by atoms with Gasteiger partial charge in [-0.2, -0.15) is 0 Å². The van der Waals surface area contributed by atoms with Crippen molar-refractivity contribution in [1.29, 1.82) is 0 Å². The summed E-state index contributed by atoms with van der Waals surface area (Å²) in [5.41, 5.74) is 5.23. The van der Waals surface area contributed by atoms with E-state index in [0.29, 0.717) is 0 Å².